The highest BCUT2D eigenvalue weighted by Gasteiger charge is 2.00. The molecule has 0 saturated heterocycles. The monoisotopic (exact) mass is 224 g/mol. The Bertz CT molecular complexity index is 331. The fourth-order valence-electron chi connectivity index (χ4n) is 1.46. The molecule has 0 aliphatic rings. The third-order valence-electron chi connectivity index (χ3n) is 2.22. The van der Waals surface area contributed by atoms with Crippen molar-refractivity contribution in [1.29, 1.82) is 0 Å². The molecule has 0 N–H and O–H groups in total. The van der Waals surface area contributed by atoms with Gasteiger partial charge in [-0.3, -0.25) is 0 Å². The van der Waals surface area contributed by atoms with Crippen LogP contribution in [0.3, 0.4) is 0 Å². The second-order valence-corrected chi connectivity index (χ2v) is 3.85. The van der Waals surface area contributed by atoms with E-state index in [1.54, 1.807) is 7.11 Å². The summed E-state index contributed by atoms with van der Waals surface area (Å²) < 4.78 is 5.30. The van der Waals surface area contributed by atoms with Crippen molar-refractivity contribution in [3.63, 3.8) is 0 Å². The van der Waals surface area contributed by atoms with E-state index in [1.807, 2.05) is 6.07 Å². The maximum absolute atomic E-state index is 5.59. The number of rotatable bonds is 5. The third kappa shape index (κ3) is 3.96. The number of benzene rings is 1. The van der Waals surface area contributed by atoms with Gasteiger partial charge in [-0.1, -0.05) is 29.8 Å². The molecule has 15 heavy (non-hydrogen) atoms. The lowest BCUT2D eigenvalue weighted by Crippen LogP contribution is -1.91. The fraction of sp³-hybridized carbons (Fsp3) is 0.385. The molecule has 2 heteroatoms. The molecule has 0 atom stereocenters. The number of hydrogen-bond acceptors (Lipinski definition) is 1. The second kappa shape index (κ2) is 6.52. The van der Waals surface area contributed by atoms with Gasteiger partial charge >= 0.3 is 0 Å². The highest BCUT2D eigenvalue weighted by atomic mass is 35.5. The zero-order valence-corrected chi connectivity index (χ0v) is 10.1. The standard InChI is InChI=1S/C13H17ClO/c1-11-7-8-13(15-2)12(10-11)6-4-3-5-9-14/h3-4,7-8,10H,5-6,9H2,1-2H3. The number of ether oxygens (including phenoxy) is 1. The van der Waals surface area contributed by atoms with Crippen LogP contribution in [-0.2, 0) is 6.42 Å². The fourth-order valence-corrected chi connectivity index (χ4v) is 1.58. The molecule has 0 aliphatic carbocycles. The lowest BCUT2D eigenvalue weighted by atomic mass is 10.1. The Labute approximate surface area is 96.7 Å². The Morgan fingerprint density at radius 1 is 1.33 bits per heavy atom. The van der Waals surface area contributed by atoms with E-state index in [2.05, 4.69) is 31.2 Å². The molecule has 0 aromatic heterocycles. The summed E-state index contributed by atoms with van der Waals surface area (Å²) >= 11 is 5.59. The van der Waals surface area contributed by atoms with E-state index in [0.717, 1.165) is 18.6 Å². The van der Waals surface area contributed by atoms with Gasteiger partial charge in [0.1, 0.15) is 5.75 Å². The second-order valence-electron chi connectivity index (χ2n) is 3.47. The van der Waals surface area contributed by atoms with Crippen LogP contribution >= 0.6 is 11.6 Å². The lowest BCUT2D eigenvalue weighted by Gasteiger charge is -2.07. The molecule has 0 aliphatic heterocycles. The first kappa shape index (κ1) is 12.1. The molecule has 0 bridgehead atoms. The molecule has 0 fully saturated rings. The molecule has 0 amide bonds. The van der Waals surface area contributed by atoms with Crippen LogP contribution in [0.15, 0.2) is 30.4 Å². The zero-order chi connectivity index (χ0) is 11.1. The number of aryl methyl sites for hydroxylation is 1. The highest BCUT2D eigenvalue weighted by Crippen LogP contribution is 2.20. The number of alkyl halides is 1. The molecule has 1 nitrogen and oxygen atoms in total. The molecule has 1 rings (SSSR count). The summed E-state index contributed by atoms with van der Waals surface area (Å²) in [6, 6.07) is 6.23. The minimum absolute atomic E-state index is 0.682. The van der Waals surface area contributed by atoms with Gasteiger partial charge in [-0.05, 0) is 31.4 Å². The van der Waals surface area contributed by atoms with Crippen molar-refractivity contribution in [2.24, 2.45) is 0 Å². The van der Waals surface area contributed by atoms with Crippen LogP contribution in [-0.4, -0.2) is 13.0 Å². The van der Waals surface area contributed by atoms with Crippen LogP contribution in [0.5, 0.6) is 5.75 Å². The summed E-state index contributed by atoms with van der Waals surface area (Å²) in [5.74, 6) is 1.64. The van der Waals surface area contributed by atoms with E-state index in [4.69, 9.17) is 16.3 Å². The van der Waals surface area contributed by atoms with E-state index in [1.165, 1.54) is 11.1 Å². The van der Waals surface area contributed by atoms with Gasteiger partial charge in [-0.2, -0.15) is 0 Å². The van der Waals surface area contributed by atoms with Gasteiger partial charge in [0.25, 0.3) is 0 Å². The van der Waals surface area contributed by atoms with Crippen LogP contribution in [0.4, 0.5) is 0 Å². The molecule has 0 heterocycles. The average Bonchev–Trinajstić information content (AvgIpc) is 2.25. The Hall–Kier alpha value is -0.950. The first-order chi connectivity index (χ1) is 7.27. The first-order valence-corrected chi connectivity index (χ1v) is 5.66. The average molecular weight is 225 g/mol. The Morgan fingerprint density at radius 3 is 2.80 bits per heavy atom. The quantitative estimate of drug-likeness (QED) is 0.547. The minimum atomic E-state index is 0.682. The lowest BCUT2D eigenvalue weighted by molar-refractivity contribution is 0.410. The van der Waals surface area contributed by atoms with E-state index < -0.39 is 0 Å². The smallest absolute Gasteiger partial charge is 0.122 e. The molecule has 82 valence electrons. The van der Waals surface area contributed by atoms with Gasteiger partial charge in [0.05, 0.1) is 7.11 Å². The van der Waals surface area contributed by atoms with Crippen molar-refractivity contribution < 1.29 is 4.74 Å². The molecule has 0 spiro atoms. The predicted molar refractivity (Wildman–Crippen MR) is 65.9 cm³/mol. The Morgan fingerprint density at radius 2 is 2.13 bits per heavy atom. The Balaban J connectivity index is 2.69. The highest BCUT2D eigenvalue weighted by molar-refractivity contribution is 6.17. The maximum Gasteiger partial charge on any atom is 0.122 e. The van der Waals surface area contributed by atoms with E-state index in [9.17, 15) is 0 Å². The molecule has 1 aromatic rings. The molecular formula is C13H17ClO. The van der Waals surface area contributed by atoms with Crippen molar-refractivity contribution in [3.05, 3.63) is 41.5 Å². The summed E-state index contributed by atoms with van der Waals surface area (Å²) in [5, 5.41) is 0. The first-order valence-electron chi connectivity index (χ1n) is 5.12. The third-order valence-corrected chi connectivity index (χ3v) is 2.43. The Kier molecular flexibility index (Phi) is 5.27. The van der Waals surface area contributed by atoms with Crippen molar-refractivity contribution >= 4 is 11.6 Å². The summed E-state index contributed by atoms with van der Waals surface area (Å²) in [6.07, 6.45) is 6.08. The molecule has 0 radical (unpaired) electrons. The molecular weight excluding hydrogens is 208 g/mol. The van der Waals surface area contributed by atoms with Gasteiger partial charge in [-0.25, -0.2) is 0 Å². The minimum Gasteiger partial charge on any atom is -0.496 e. The van der Waals surface area contributed by atoms with Crippen LogP contribution in [0.2, 0.25) is 0 Å². The van der Waals surface area contributed by atoms with E-state index in [0.29, 0.717) is 5.88 Å². The molecule has 0 saturated carbocycles. The van der Waals surface area contributed by atoms with E-state index in [-0.39, 0.29) is 0 Å². The van der Waals surface area contributed by atoms with Crippen molar-refractivity contribution in [1.82, 2.24) is 0 Å². The normalized spacial score (nSPS) is 10.9. The summed E-state index contributed by atoms with van der Waals surface area (Å²) in [5.41, 5.74) is 2.49. The van der Waals surface area contributed by atoms with Gasteiger partial charge in [0.15, 0.2) is 0 Å². The van der Waals surface area contributed by atoms with Crippen LogP contribution in [0.1, 0.15) is 17.5 Å². The van der Waals surface area contributed by atoms with Gasteiger partial charge in [0, 0.05) is 5.88 Å². The number of methoxy groups -OCH3 is 1. The van der Waals surface area contributed by atoms with E-state index >= 15 is 0 Å². The molecule has 0 unspecified atom stereocenters. The van der Waals surface area contributed by atoms with Crippen molar-refractivity contribution in [3.8, 4) is 5.75 Å². The van der Waals surface area contributed by atoms with Crippen molar-refractivity contribution in [2.75, 3.05) is 13.0 Å². The number of allylic oxidation sites excluding steroid dienone is 2. The van der Waals surface area contributed by atoms with Gasteiger partial charge < -0.3 is 4.74 Å². The SMILES string of the molecule is COc1ccc(C)cc1CC=CCCCl. The number of hydrogen-bond donors (Lipinski definition) is 0. The summed E-state index contributed by atoms with van der Waals surface area (Å²) in [6.45, 7) is 2.09. The summed E-state index contributed by atoms with van der Waals surface area (Å²) in [7, 11) is 1.71. The largest absolute Gasteiger partial charge is 0.496 e. The van der Waals surface area contributed by atoms with Crippen LogP contribution in [0, 0.1) is 6.92 Å². The van der Waals surface area contributed by atoms with Gasteiger partial charge in [0.2, 0.25) is 0 Å². The topological polar surface area (TPSA) is 9.23 Å². The van der Waals surface area contributed by atoms with Gasteiger partial charge in [-0.15, -0.1) is 11.6 Å². The molecule has 1 aromatic carbocycles. The maximum atomic E-state index is 5.59. The van der Waals surface area contributed by atoms with Crippen LogP contribution < -0.4 is 4.74 Å². The summed E-state index contributed by atoms with van der Waals surface area (Å²) in [4.78, 5) is 0. The van der Waals surface area contributed by atoms with Crippen molar-refractivity contribution in [2.45, 2.75) is 19.8 Å². The zero-order valence-electron chi connectivity index (χ0n) is 9.29. The van der Waals surface area contributed by atoms with Crippen LogP contribution in [0.25, 0.3) is 0 Å². The number of halogens is 1. The predicted octanol–water partition coefficient (Wildman–Crippen LogP) is 3.73.